The van der Waals surface area contributed by atoms with Crippen molar-refractivity contribution in [2.24, 2.45) is 5.41 Å². The van der Waals surface area contributed by atoms with Crippen LogP contribution in [0.25, 0.3) is 0 Å². The third-order valence-corrected chi connectivity index (χ3v) is 3.37. The molecular formula is C13H12N2O3. The molecular weight excluding hydrogens is 232 g/mol. The van der Waals surface area contributed by atoms with Crippen molar-refractivity contribution in [3.8, 4) is 17.6 Å². The summed E-state index contributed by atoms with van der Waals surface area (Å²) in [6.07, 6.45) is 1.28. The van der Waals surface area contributed by atoms with Crippen LogP contribution in [-0.4, -0.2) is 12.7 Å². The van der Waals surface area contributed by atoms with E-state index in [-0.39, 0.29) is 12.7 Å². The minimum absolute atomic E-state index is 0.203. The molecule has 5 heteroatoms. The fourth-order valence-electron chi connectivity index (χ4n) is 1.93. The number of anilines is 1. The van der Waals surface area contributed by atoms with Gasteiger partial charge in [0, 0.05) is 11.8 Å². The van der Waals surface area contributed by atoms with E-state index in [0.717, 1.165) is 5.56 Å². The van der Waals surface area contributed by atoms with E-state index < -0.39 is 5.41 Å². The lowest BCUT2D eigenvalue weighted by Gasteiger charge is -2.11. The number of amides is 1. The Morgan fingerprint density at radius 1 is 1.39 bits per heavy atom. The Morgan fingerprint density at radius 2 is 2.06 bits per heavy atom. The SMILES string of the molecule is Cc1cc2c(cc1NC(=O)C1(C#N)CC1)OCO2. The van der Waals surface area contributed by atoms with Gasteiger partial charge in [0.2, 0.25) is 12.7 Å². The molecule has 1 aromatic carbocycles. The fraction of sp³-hybridized carbons (Fsp3) is 0.385. The second-order valence-electron chi connectivity index (χ2n) is 4.67. The van der Waals surface area contributed by atoms with E-state index in [1.54, 1.807) is 6.07 Å². The van der Waals surface area contributed by atoms with Crippen molar-refractivity contribution in [2.45, 2.75) is 19.8 Å². The van der Waals surface area contributed by atoms with Gasteiger partial charge in [0.05, 0.1) is 6.07 Å². The number of hydrogen-bond donors (Lipinski definition) is 1. The summed E-state index contributed by atoms with van der Waals surface area (Å²) >= 11 is 0. The summed E-state index contributed by atoms with van der Waals surface area (Å²) in [6.45, 7) is 2.08. The van der Waals surface area contributed by atoms with Gasteiger partial charge in [-0.3, -0.25) is 4.79 Å². The van der Waals surface area contributed by atoms with Gasteiger partial charge in [-0.25, -0.2) is 0 Å². The highest BCUT2D eigenvalue weighted by Crippen LogP contribution is 2.46. The highest BCUT2D eigenvalue weighted by Gasteiger charge is 2.50. The number of carbonyl (C=O) groups excluding carboxylic acids is 1. The van der Waals surface area contributed by atoms with Crippen LogP contribution in [0.3, 0.4) is 0 Å². The van der Waals surface area contributed by atoms with E-state index >= 15 is 0 Å². The minimum Gasteiger partial charge on any atom is -0.454 e. The highest BCUT2D eigenvalue weighted by atomic mass is 16.7. The number of rotatable bonds is 2. The molecule has 0 radical (unpaired) electrons. The lowest BCUT2D eigenvalue weighted by molar-refractivity contribution is -0.119. The molecule has 0 unspecified atom stereocenters. The maximum Gasteiger partial charge on any atom is 0.244 e. The molecule has 1 aliphatic heterocycles. The zero-order chi connectivity index (χ0) is 12.8. The van der Waals surface area contributed by atoms with Crippen molar-refractivity contribution in [1.29, 1.82) is 5.26 Å². The molecule has 1 aliphatic carbocycles. The smallest absolute Gasteiger partial charge is 0.244 e. The Hall–Kier alpha value is -2.22. The molecule has 1 N–H and O–H groups in total. The van der Waals surface area contributed by atoms with Gasteiger partial charge >= 0.3 is 0 Å². The predicted octanol–water partition coefficient (Wildman–Crippen LogP) is 1.97. The number of nitrogens with zero attached hydrogens (tertiary/aromatic N) is 1. The normalized spacial score (nSPS) is 18.0. The van der Waals surface area contributed by atoms with Crippen molar-refractivity contribution >= 4 is 11.6 Å². The molecule has 1 heterocycles. The number of carbonyl (C=O) groups is 1. The van der Waals surface area contributed by atoms with Gasteiger partial charge in [0.25, 0.3) is 0 Å². The van der Waals surface area contributed by atoms with Gasteiger partial charge in [-0.15, -0.1) is 0 Å². The van der Waals surface area contributed by atoms with Crippen molar-refractivity contribution in [1.82, 2.24) is 0 Å². The number of hydrogen-bond acceptors (Lipinski definition) is 4. The number of nitriles is 1. The Kier molecular flexibility index (Phi) is 2.20. The quantitative estimate of drug-likeness (QED) is 0.863. The standard InChI is InChI=1S/C13H12N2O3/c1-8-4-10-11(18-7-17-10)5-9(8)15-12(16)13(6-14)2-3-13/h4-5H,2-3,7H2,1H3,(H,15,16). The molecule has 1 amide bonds. The summed E-state index contributed by atoms with van der Waals surface area (Å²) in [6, 6.07) is 5.64. The summed E-state index contributed by atoms with van der Waals surface area (Å²) in [5.74, 6) is 1.08. The van der Waals surface area contributed by atoms with E-state index in [1.807, 2.05) is 13.0 Å². The van der Waals surface area contributed by atoms with E-state index in [4.69, 9.17) is 14.7 Å². The lowest BCUT2D eigenvalue weighted by atomic mass is 10.1. The second-order valence-corrected chi connectivity index (χ2v) is 4.67. The monoisotopic (exact) mass is 244 g/mol. The first-order valence-corrected chi connectivity index (χ1v) is 5.78. The molecule has 5 nitrogen and oxygen atoms in total. The molecule has 0 saturated heterocycles. The van der Waals surface area contributed by atoms with Crippen LogP contribution in [0.4, 0.5) is 5.69 Å². The van der Waals surface area contributed by atoms with Crippen LogP contribution in [0.5, 0.6) is 11.5 Å². The molecule has 0 atom stereocenters. The Balaban J connectivity index is 1.86. The summed E-state index contributed by atoms with van der Waals surface area (Å²) in [4.78, 5) is 12.0. The molecule has 18 heavy (non-hydrogen) atoms. The Morgan fingerprint density at radius 3 is 2.67 bits per heavy atom. The molecule has 0 spiro atoms. The van der Waals surface area contributed by atoms with Crippen molar-refractivity contribution < 1.29 is 14.3 Å². The molecule has 1 fully saturated rings. The van der Waals surface area contributed by atoms with Crippen molar-refractivity contribution in [3.63, 3.8) is 0 Å². The molecule has 1 saturated carbocycles. The van der Waals surface area contributed by atoms with Crippen molar-refractivity contribution in [3.05, 3.63) is 17.7 Å². The van der Waals surface area contributed by atoms with Gasteiger partial charge in [-0.2, -0.15) is 5.26 Å². The highest BCUT2D eigenvalue weighted by molar-refractivity contribution is 6.00. The first kappa shape index (κ1) is 10.9. The Bertz CT molecular complexity index is 570. The van der Waals surface area contributed by atoms with Gasteiger partial charge in [-0.1, -0.05) is 0 Å². The first-order chi connectivity index (χ1) is 8.64. The summed E-state index contributed by atoms with van der Waals surface area (Å²) < 4.78 is 10.5. The van der Waals surface area contributed by atoms with Gasteiger partial charge in [0.1, 0.15) is 5.41 Å². The largest absolute Gasteiger partial charge is 0.454 e. The van der Waals surface area contributed by atoms with Gasteiger partial charge in [0.15, 0.2) is 11.5 Å². The molecule has 0 bridgehead atoms. The maximum absolute atomic E-state index is 12.0. The number of benzene rings is 1. The molecule has 0 aromatic heterocycles. The van der Waals surface area contributed by atoms with Crippen LogP contribution in [0.2, 0.25) is 0 Å². The van der Waals surface area contributed by atoms with Crippen LogP contribution in [-0.2, 0) is 4.79 Å². The predicted molar refractivity (Wildman–Crippen MR) is 63.2 cm³/mol. The van der Waals surface area contributed by atoms with Crippen LogP contribution < -0.4 is 14.8 Å². The van der Waals surface area contributed by atoms with Crippen LogP contribution >= 0.6 is 0 Å². The number of nitrogens with one attached hydrogen (secondary N) is 1. The summed E-state index contributed by atoms with van der Waals surface area (Å²) in [5, 5.41) is 11.8. The summed E-state index contributed by atoms with van der Waals surface area (Å²) in [7, 11) is 0. The van der Waals surface area contributed by atoms with E-state index in [9.17, 15) is 4.79 Å². The minimum atomic E-state index is -0.817. The number of ether oxygens (including phenoxy) is 2. The van der Waals surface area contributed by atoms with E-state index in [2.05, 4.69) is 11.4 Å². The van der Waals surface area contributed by atoms with Crippen molar-refractivity contribution in [2.75, 3.05) is 12.1 Å². The zero-order valence-electron chi connectivity index (χ0n) is 9.95. The number of fused-ring (bicyclic) bond motifs is 1. The second kappa shape index (κ2) is 3.64. The van der Waals surface area contributed by atoms with Crippen LogP contribution in [0.15, 0.2) is 12.1 Å². The summed E-state index contributed by atoms with van der Waals surface area (Å²) in [5.41, 5.74) is 0.745. The zero-order valence-corrected chi connectivity index (χ0v) is 9.95. The van der Waals surface area contributed by atoms with Crippen LogP contribution in [0, 0.1) is 23.7 Å². The van der Waals surface area contributed by atoms with Gasteiger partial charge < -0.3 is 14.8 Å². The van der Waals surface area contributed by atoms with E-state index in [0.29, 0.717) is 30.0 Å². The first-order valence-electron chi connectivity index (χ1n) is 5.78. The maximum atomic E-state index is 12.0. The number of aryl methyl sites for hydroxylation is 1. The third-order valence-electron chi connectivity index (χ3n) is 3.37. The molecule has 3 rings (SSSR count). The lowest BCUT2D eigenvalue weighted by Crippen LogP contribution is -2.23. The Labute approximate surface area is 104 Å². The van der Waals surface area contributed by atoms with Gasteiger partial charge in [-0.05, 0) is 31.4 Å². The third kappa shape index (κ3) is 1.58. The van der Waals surface area contributed by atoms with E-state index in [1.165, 1.54) is 0 Å². The topological polar surface area (TPSA) is 71.4 Å². The molecule has 2 aliphatic rings. The average Bonchev–Trinajstić information content (AvgIpc) is 3.04. The van der Waals surface area contributed by atoms with Crippen LogP contribution in [0.1, 0.15) is 18.4 Å². The molecule has 92 valence electrons. The fourth-order valence-corrected chi connectivity index (χ4v) is 1.93. The average molecular weight is 244 g/mol. The molecule has 1 aromatic rings.